The second kappa shape index (κ2) is 102. The summed E-state index contributed by atoms with van der Waals surface area (Å²) in [6.07, 6.45) is 2.96. The number of nitrogens with two attached hydrogens (primary N) is 1. The Bertz CT molecular complexity index is 30.7. The van der Waals surface area contributed by atoms with Gasteiger partial charge in [0, 0.05) is 0 Å². The molecule has 0 radical (unpaired) electrons. The van der Waals surface area contributed by atoms with E-state index in [1.54, 1.807) is 0 Å². The van der Waals surface area contributed by atoms with Crippen molar-refractivity contribution in [2.75, 3.05) is 7.11 Å². The standard InChI is InChI=1S/C4H8.2C2H6.CH5NO/c1-3-4-2;2*1-2;1-3-2/h3H,1,4H2,2H3;2*1-2H3;2H2,1H3. The molecule has 0 saturated carbocycles. The molecule has 11 heavy (non-hydrogen) atoms. The first kappa shape index (κ1) is 22.4. The molecule has 0 aliphatic heterocycles. The van der Waals surface area contributed by atoms with Crippen LogP contribution in [0, 0.1) is 0 Å². The highest BCUT2D eigenvalue weighted by Crippen LogP contribution is 1.66. The van der Waals surface area contributed by atoms with Gasteiger partial charge in [-0.1, -0.05) is 40.7 Å². The zero-order chi connectivity index (χ0) is 10.1. The van der Waals surface area contributed by atoms with Crippen molar-refractivity contribution in [3.63, 3.8) is 0 Å². The SMILES string of the molecule is C=CCC.CC.CC.CON. The fourth-order valence-electron chi connectivity index (χ4n) is 0. The molecule has 2 nitrogen and oxygen atoms in total. The van der Waals surface area contributed by atoms with Crippen LogP contribution in [-0.2, 0) is 4.84 Å². The monoisotopic (exact) mass is 163 g/mol. The first-order chi connectivity index (χ1) is 5.33. The molecule has 0 saturated heterocycles. The fourth-order valence-corrected chi connectivity index (χ4v) is 0. The third-order valence-corrected chi connectivity index (χ3v) is 0.289. The molecule has 0 aliphatic rings. The van der Waals surface area contributed by atoms with Crippen LogP contribution < -0.4 is 5.90 Å². The summed E-state index contributed by atoms with van der Waals surface area (Å²) in [5.41, 5.74) is 0. The van der Waals surface area contributed by atoms with Crippen molar-refractivity contribution < 1.29 is 4.84 Å². The van der Waals surface area contributed by atoms with Crippen molar-refractivity contribution in [3.05, 3.63) is 12.7 Å². The van der Waals surface area contributed by atoms with Gasteiger partial charge in [-0.25, -0.2) is 5.90 Å². The van der Waals surface area contributed by atoms with E-state index in [1.807, 2.05) is 33.8 Å². The van der Waals surface area contributed by atoms with E-state index >= 15 is 0 Å². The summed E-state index contributed by atoms with van der Waals surface area (Å²) in [4.78, 5) is 3.75. The van der Waals surface area contributed by atoms with Gasteiger partial charge in [0.15, 0.2) is 0 Å². The molecule has 0 aliphatic carbocycles. The molecule has 0 aromatic rings. The quantitative estimate of drug-likeness (QED) is 0.476. The van der Waals surface area contributed by atoms with E-state index in [0.717, 1.165) is 6.42 Å². The van der Waals surface area contributed by atoms with Crippen LogP contribution >= 0.6 is 0 Å². The number of hydrogen-bond donors (Lipinski definition) is 1. The Morgan fingerprint density at radius 2 is 1.36 bits per heavy atom. The molecule has 0 rings (SSSR count). The average molecular weight is 163 g/mol. The maximum absolute atomic E-state index is 4.35. The van der Waals surface area contributed by atoms with Gasteiger partial charge in [-0.15, -0.1) is 6.58 Å². The van der Waals surface area contributed by atoms with Gasteiger partial charge >= 0.3 is 0 Å². The molecule has 0 unspecified atom stereocenters. The van der Waals surface area contributed by atoms with E-state index in [2.05, 4.69) is 24.2 Å². The van der Waals surface area contributed by atoms with E-state index in [-0.39, 0.29) is 0 Å². The highest BCUT2D eigenvalue weighted by atomic mass is 16.6. The second-order valence-electron chi connectivity index (χ2n) is 0.933. The maximum atomic E-state index is 4.35. The van der Waals surface area contributed by atoms with Gasteiger partial charge < -0.3 is 4.84 Å². The van der Waals surface area contributed by atoms with E-state index in [0.29, 0.717) is 0 Å². The molecule has 72 valence electrons. The zero-order valence-corrected chi connectivity index (χ0v) is 8.98. The summed E-state index contributed by atoms with van der Waals surface area (Å²) in [6.45, 7) is 13.5. The predicted octanol–water partition coefficient (Wildman–Crippen LogP) is 3.14. The van der Waals surface area contributed by atoms with Crippen LogP contribution in [0.25, 0.3) is 0 Å². The Labute approximate surface area is 72.4 Å². The number of allylic oxidation sites excluding steroid dienone is 1. The largest absolute Gasteiger partial charge is 0.308 e. The van der Waals surface area contributed by atoms with Crippen molar-refractivity contribution >= 4 is 0 Å². The lowest BCUT2D eigenvalue weighted by molar-refractivity contribution is 0.206. The minimum absolute atomic E-state index is 1.08. The van der Waals surface area contributed by atoms with E-state index in [4.69, 9.17) is 0 Å². The molecule has 0 heterocycles. The lowest BCUT2D eigenvalue weighted by Crippen LogP contribution is -1.86. The van der Waals surface area contributed by atoms with Crippen LogP contribution in [0.4, 0.5) is 0 Å². The highest BCUT2D eigenvalue weighted by Gasteiger charge is 1.45. The zero-order valence-electron chi connectivity index (χ0n) is 8.98. The molecule has 2 heteroatoms. The molecule has 0 aromatic carbocycles. The molecule has 0 atom stereocenters. The molecule has 0 aromatic heterocycles. The predicted molar refractivity (Wildman–Crippen MR) is 54.4 cm³/mol. The Morgan fingerprint density at radius 1 is 1.27 bits per heavy atom. The second-order valence-corrected chi connectivity index (χ2v) is 0.933. The number of hydrogen-bond acceptors (Lipinski definition) is 2. The molecule has 0 amide bonds. The van der Waals surface area contributed by atoms with E-state index in [1.165, 1.54) is 7.11 Å². The maximum Gasteiger partial charge on any atom is 0.0569 e. The van der Waals surface area contributed by atoms with Crippen molar-refractivity contribution in [2.24, 2.45) is 5.90 Å². The molecule has 0 fully saturated rings. The Kier molecular flexibility index (Phi) is 209. The van der Waals surface area contributed by atoms with Crippen LogP contribution in [0.1, 0.15) is 41.0 Å². The fraction of sp³-hybridized carbons (Fsp3) is 0.778. The molecule has 2 N–H and O–H groups in total. The van der Waals surface area contributed by atoms with Gasteiger partial charge in [-0.2, -0.15) is 0 Å². The van der Waals surface area contributed by atoms with E-state index < -0.39 is 0 Å². The topological polar surface area (TPSA) is 35.2 Å². The summed E-state index contributed by atoms with van der Waals surface area (Å²) in [7, 11) is 1.40. The van der Waals surface area contributed by atoms with Gasteiger partial charge in [-0.05, 0) is 6.42 Å². The lowest BCUT2D eigenvalue weighted by atomic mass is 10.5. The Morgan fingerprint density at radius 3 is 1.36 bits per heavy atom. The minimum Gasteiger partial charge on any atom is -0.308 e. The summed E-state index contributed by atoms with van der Waals surface area (Å²) >= 11 is 0. The number of rotatable bonds is 1. The van der Waals surface area contributed by atoms with Crippen LogP contribution in [0.2, 0.25) is 0 Å². The van der Waals surface area contributed by atoms with Gasteiger partial charge in [0.1, 0.15) is 0 Å². The Hall–Kier alpha value is -0.340. The third-order valence-electron chi connectivity index (χ3n) is 0.289. The third kappa shape index (κ3) is 1300. The first-order valence-electron chi connectivity index (χ1n) is 4.17. The van der Waals surface area contributed by atoms with Gasteiger partial charge in [0.05, 0.1) is 7.11 Å². The summed E-state index contributed by atoms with van der Waals surface area (Å²) in [5.74, 6) is 4.35. The van der Waals surface area contributed by atoms with Crippen LogP contribution in [0.15, 0.2) is 12.7 Å². The van der Waals surface area contributed by atoms with Crippen molar-refractivity contribution in [1.82, 2.24) is 0 Å². The van der Waals surface area contributed by atoms with Crippen molar-refractivity contribution in [2.45, 2.75) is 41.0 Å². The van der Waals surface area contributed by atoms with Crippen LogP contribution in [-0.4, -0.2) is 7.11 Å². The van der Waals surface area contributed by atoms with Crippen molar-refractivity contribution in [3.8, 4) is 0 Å². The molecular weight excluding hydrogens is 138 g/mol. The van der Waals surface area contributed by atoms with Gasteiger partial charge in [0.2, 0.25) is 0 Å². The molecule has 0 bridgehead atoms. The smallest absolute Gasteiger partial charge is 0.0569 e. The van der Waals surface area contributed by atoms with E-state index in [9.17, 15) is 0 Å². The summed E-state index contributed by atoms with van der Waals surface area (Å²) < 4.78 is 0. The van der Waals surface area contributed by atoms with Gasteiger partial charge in [0.25, 0.3) is 0 Å². The molecule has 0 spiro atoms. The average Bonchev–Trinajstić information content (AvgIpc) is 2.12. The lowest BCUT2D eigenvalue weighted by Gasteiger charge is -1.62. The summed E-state index contributed by atoms with van der Waals surface area (Å²) in [5, 5.41) is 0. The van der Waals surface area contributed by atoms with Crippen molar-refractivity contribution in [1.29, 1.82) is 0 Å². The molecular formula is C9H25NO. The normalized spacial score (nSPS) is 5.00. The van der Waals surface area contributed by atoms with Crippen LogP contribution in [0.5, 0.6) is 0 Å². The summed E-state index contributed by atoms with van der Waals surface area (Å²) in [6, 6.07) is 0. The van der Waals surface area contributed by atoms with Gasteiger partial charge in [-0.3, -0.25) is 0 Å². The first-order valence-corrected chi connectivity index (χ1v) is 4.17. The minimum atomic E-state index is 1.08. The Balaban J connectivity index is -0.0000000315. The van der Waals surface area contributed by atoms with Crippen LogP contribution in [0.3, 0.4) is 0 Å². The highest BCUT2D eigenvalue weighted by molar-refractivity contribution is 4.60.